The number of anilines is 1. The second-order valence-electron chi connectivity index (χ2n) is 4.28. The maximum absolute atomic E-state index is 12.2. The fourth-order valence-electron chi connectivity index (χ4n) is 1.69. The average Bonchev–Trinajstić information content (AvgIpc) is 2.48. The Morgan fingerprint density at radius 1 is 0.957 bits per heavy atom. The zero-order valence-electron chi connectivity index (χ0n) is 11.2. The van der Waals surface area contributed by atoms with Crippen molar-refractivity contribution in [2.75, 3.05) is 4.72 Å². The lowest BCUT2D eigenvalue weighted by atomic mass is 10.3. The van der Waals surface area contributed by atoms with Crippen LogP contribution in [0.3, 0.4) is 0 Å². The molecular formula is C12H8ClN3O6S. The molecule has 0 aliphatic heterocycles. The van der Waals surface area contributed by atoms with Crippen molar-refractivity contribution in [1.82, 2.24) is 0 Å². The van der Waals surface area contributed by atoms with Crippen LogP contribution >= 0.6 is 11.6 Å². The van der Waals surface area contributed by atoms with Crippen LogP contribution < -0.4 is 4.72 Å². The van der Waals surface area contributed by atoms with E-state index < -0.39 is 25.6 Å². The molecule has 11 heteroatoms. The summed E-state index contributed by atoms with van der Waals surface area (Å²) in [6.45, 7) is 0. The molecule has 9 nitrogen and oxygen atoms in total. The molecule has 0 radical (unpaired) electrons. The first kappa shape index (κ1) is 16.6. The van der Waals surface area contributed by atoms with Gasteiger partial charge >= 0.3 is 0 Å². The number of hydrogen-bond donors (Lipinski definition) is 1. The van der Waals surface area contributed by atoms with Gasteiger partial charge in [0.2, 0.25) is 0 Å². The Hall–Kier alpha value is -2.72. The molecule has 0 saturated carbocycles. The van der Waals surface area contributed by atoms with Crippen LogP contribution in [0.15, 0.2) is 47.4 Å². The number of nitro groups is 2. The van der Waals surface area contributed by atoms with E-state index in [-0.39, 0.29) is 21.3 Å². The van der Waals surface area contributed by atoms with Gasteiger partial charge in [0, 0.05) is 23.2 Å². The van der Waals surface area contributed by atoms with Gasteiger partial charge in [-0.15, -0.1) is 0 Å². The molecule has 0 unspecified atom stereocenters. The highest BCUT2D eigenvalue weighted by molar-refractivity contribution is 7.92. The van der Waals surface area contributed by atoms with E-state index in [0.717, 1.165) is 36.4 Å². The molecule has 120 valence electrons. The molecule has 0 heterocycles. The second kappa shape index (κ2) is 6.18. The number of benzene rings is 2. The predicted octanol–water partition coefficient (Wildman–Crippen LogP) is 2.96. The molecule has 0 amide bonds. The van der Waals surface area contributed by atoms with Crippen molar-refractivity contribution in [2.24, 2.45) is 0 Å². The molecule has 2 aromatic rings. The molecule has 0 aliphatic rings. The van der Waals surface area contributed by atoms with Crippen LogP contribution in [0.1, 0.15) is 0 Å². The van der Waals surface area contributed by atoms with Gasteiger partial charge in [0.05, 0.1) is 14.7 Å². The Bertz CT molecular complexity index is 882. The highest BCUT2D eigenvalue weighted by Gasteiger charge is 2.21. The second-order valence-corrected chi connectivity index (χ2v) is 6.39. The molecule has 0 atom stereocenters. The lowest BCUT2D eigenvalue weighted by Crippen LogP contribution is -2.14. The molecule has 0 aromatic heterocycles. The summed E-state index contributed by atoms with van der Waals surface area (Å²) in [5.74, 6) is 0. The van der Waals surface area contributed by atoms with Crippen molar-refractivity contribution in [2.45, 2.75) is 4.90 Å². The summed E-state index contributed by atoms with van der Waals surface area (Å²) >= 11 is 5.65. The van der Waals surface area contributed by atoms with Gasteiger partial charge in [-0.2, -0.15) is 0 Å². The highest BCUT2D eigenvalue weighted by atomic mass is 35.5. The number of nitrogens with one attached hydrogen (secondary N) is 1. The first-order valence-corrected chi connectivity index (χ1v) is 7.78. The van der Waals surface area contributed by atoms with Gasteiger partial charge in [-0.3, -0.25) is 25.0 Å². The van der Waals surface area contributed by atoms with Gasteiger partial charge in [-0.1, -0.05) is 11.6 Å². The maximum Gasteiger partial charge on any atom is 0.294 e. The van der Waals surface area contributed by atoms with Crippen molar-refractivity contribution in [3.05, 3.63) is 67.7 Å². The van der Waals surface area contributed by atoms with Gasteiger partial charge in [0.1, 0.15) is 5.69 Å². The average molecular weight is 358 g/mol. The zero-order valence-corrected chi connectivity index (χ0v) is 12.7. The smallest absolute Gasteiger partial charge is 0.273 e. The third-order valence-corrected chi connectivity index (χ3v) is 4.38. The Labute approximate surface area is 134 Å². The summed E-state index contributed by atoms with van der Waals surface area (Å²) < 4.78 is 26.5. The van der Waals surface area contributed by atoms with Crippen molar-refractivity contribution in [3.8, 4) is 0 Å². The van der Waals surface area contributed by atoms with Gasteiger partial charge < -0.3 is 0 Å². The lowest BCUT2D eigenvalue weighted by Gasteiger charge is -2.08. The molecular weight excluding hydrogens is 350 g/mol. The molecule has 0 bridgehead atoms. The highest BCUT2D eigenvalue weighted by Crippen LogP contribution is 2.30. The fraction of sp³-hybridized carbons (Fsp3) is 0. The minimum Gasteiger partial charge on any atom is -0.273 e. The standard InChI is InChI=1S/C12H8ClN3O6S/c13-8-1-6-11(12(7-8)16(19)20)14-23(21,22)10-4-2-9(3-5-10)15(17)18/h1-7,14H. The molecule has 2 rings (SSSR count). The maximum atomic E-state index is 12.2. The summed E-state index contributed by atoms with van der Waals surface area (Å²) in [5.41, 5.74) is -1.05. The summed E-state index contributed by atoms with van der Waals surface area (Å²) in [5, 5.41) is 21.6. The Morgan fingerprint density at radius 2 is 1.57 bits per heavy atom. The Kier molecular flexibility index (Phi) is 4.48. The van der Waals surface area contributed by atoms with Crippen LogP contribution in [0.25, 0.3) is 0 Å². The SMILES string of the molecule is O=[N+]([O-])c1ccc(S(=O)(=O)Nc2ccc(Cl)cc2[N+](=O)[O-])cc1. The molecule has 0 aliphatic carbocycles. The monoisotopic (exact) mass is 357 g/mol. The van der Waals surface area contributed by atoms with E-state index in [2.05, 4.69) is 4.72 Å². The predicted molar refractivity (Wildman–Crippen MR) is 82.0 cm³/mol. The van der Waals surface area contributed by atoms with Crippen LogP contribution in [0.2, 0.25) is 5.02 Å². The molecule has 23 heavy (non-hydrogen) atoms. The lowest BCUT2D eigenvalue weighted by molar-refractivity contribution is -0.384. The van der Waals surface area contributed by atoms with Crippen molar-refractivity contribution >= 4 is 38.7 Å². The number of hydrogen-bond acceptors (Lipinski definition) is 6. The quantitative estimate of drug-likeness (QED) is 0.646. The number of nitrogens with zero attached hydrogens (tertiary/aromatic N) is 2. The summed E-state index contributed by atoms with van der Waals surface area (Å²) in [4.78, 5) is 19.8. The fourth-order valence-corrected chi connectivity index (χ4v) is 2.93. The van der Waals surface area contributed by atoms with Gasteiger partial charge in [-0.05, 0) is 24.3 Å². The number of halogens is 1. The van der Waals surface area contributed by atoms with Crippen molar-refractivity contribution < 1.29 is 18.3 Å². The molecule has 0 fully saturated rings. The largest absolute Gasteiger partial charge is 0.294 e. The number of sulfonamides is 1. The van der Waals surface area contributed by atoms with E-state index in [1.54, 1.807) is 0 Å². The van der Waals surface area contributed by atoms with Crippen molar-refractivity contribution in [3.63, 3.8) is 0 Å². The zero-order chi connectivity index (χ0) is 17.2. The minimum absolute atomic E-state index is 0.0787. The van der Waals surface area contributed by atoms with E-state index >= 15 is 0 Å². The normalized spacial score (nSPS) is 11.0. The van der Waals surface area contributed by atoms with E-state index in [9.17, 15) is 28.6 Å². The first-order valence-electron chi connectivity index (χ1n) is 5.92. The topological polar surface area (TPSA) is 132 Å². The van der Waals surface area contributed by atoms with Crippen LogP contribution in [0.4, 0.5) is 17.1 Å². The minimum atomic E-state index is -4.14. The number of rotatable bonds is 5. The van der Waals surface area contributed by atoms with E-state index in [4.69, 9.17) is 11.6 Å². The van der Waals surface area contributed by atoms with Crippen LogP contribution in [0, 0.1) is 20.2 Å². The van der Waals surface area contributed by atoms with E-state index in [0.29, 0.717) is 0 Å². The van der Waals surface area contributed by atoms with Crippen LogP contribution in [0.5, 0.6) is 0 Å². The van der Waals surface area contributed by atoms with Gasteiger partial charge in [0.25, 0.3) is 21.4 Å². The van der Waals surface area contributed by atoms with Crippen LogP contribution in [-0.2, 0) is 10.0 Å². The Morgan fingerprint density at radius 3 is 2.09 bits per heavy atom. The molecule has 1 N–H and O–H groups in total. The number of non-ortho nitro benzene ring substituents is 1. The van der Waals surface area contributed by atoms with E-state index in [1.807, 2.05) is 0 Å². The van der Waals surface area contributed by atoms with E-state index in [1.165, 1.54) is 6.07 Å². The van der Waals surface area contributed by atoms with Gasteiger partial charge in [0.15, 0.2) is 0 Å². The molecule has 0 saturated heterocycles. The molecule has 2 aromatic carbocycles. The van der Waals surface area contributed by atoms with Crippen LogP contribution in [-0.4, -0.2) is 18.3 Å². The van der Waals surface area contributed by atoms with Crippen molar-refractivity contribution in [1.29, 1.82) is 0 Å². The summed E-state index contributed by atoms with van der Waals surface area (Å²) in [6, 6.07) is 7.56. The third-order valence-electron chi connectivity index (χ3n) is 2.76. The molecule has 0 spiro atoms. The number of nitro benzene ring substituents is 2. The van der Waals surface area contributed by atoms with Gasteiger partial charge in [-0.25, -0.2) is 8.42 Å². The third kappa shape index (κ3) is 3.73. The Balaban J connectivity index is 2.39. The summed E-state index contributed by atoms with van der Waals surface area (Å²) in [7, 11) is -4.14. The summed E-state index contributed by atoms with van der Waals surface area (Å²) in [6.07, 6.45) is 0. The first-order chi connectivity index (χ1) is 10.7.